The average molecular weight is 351 g/mol. The van der Waals surface area contributed by atoms with E-state index in [1.807, 2.05) is 13.2 Å². The molecule has 122 valence electrons. The van der Waals surface area contributed by atoms with Crippen LogP contribution in [0.3, 0.4) is 0 Å². The van der Waals surface area contributed by atoms with Gasteiger partial charge in [0.15, 0.2) is 0 Å². The van der Waals surface area contributed by atoms with E-state index in [0.717, 1.165) is 30.8 Å². The molecule has 0 bridgehead atoms. The highest BCUT2D eigenvalue weighted by Crippen LogP contribution is 2.30. The number of nitrogens with one attached hydrogen (secondary N) is 2. The largest absolute Gasteiger partial charge is 0.312 e. The highest BCUT2D eigenvalue weighted by Gasteiger charge is 2.27. The van der Waals surface area contributed by atoms with Gasteiger partial charge in [-0.15, -0.1) is 11.3 Å². The van der Waals surface area contributed by atoms with Crippen molar-refractivity contribution in [2.24, 2.45) is 0 Å². The standard InChI is InChI=1S/C14H26N2O2S3/c1-5-14(6-2,19-4)11-16-21(17,18)13-8-12(20-10-13)9-15-7-3/h8,10,15-16H,5-7,9,11H2,1-4H3. The molecule has 1 aromatic rings. The Morgan fingerprint density at radius 2 is 1.95 bits per heavy atom. The maximum Gasteiger partial charge on any atom is 0.241 e. The quantitative estimate of drug-likeness (QED) is 0.681. The second kappa shape index (κ2) is 8.53. The van der Waals surface area contributed by atoms with Crippen LogP contribution in [0.15, 0.2) is 16.3 Å². The lowest BCUT2D eigenvalue weighted by molar-refractivity contribution is 0.522. The molecule has 21 heavy (non-hydrogen) atoms. The molecule has 7 heteroatoms. The van der Waals surface area contributed by atoms with Crippen molar-refractivity contribution in [1.29, 1.82) is 0 Å². The average Bonchev–Trinajstić information content (AvgIpc) is 2.97. The molecule has 4 nitrogen and oxygen atoms in total. The Balaban J connectivity index is 2.75. The molecule has 0 radical (unpaired) electrons. The van der Waals surface area contributed by atoms with Crippen molar-refractivity contribution in [1.82, 2.24) is 10.0 Å². The van der Waals surface area contributed by atoms with Crippen molar-refractivity contribution in [3.8, 4) is 0 Å². The van der Waals surface area contributed by atoms with Crippen molar-refractivity contribution in [3.05, 3.63) is 16.3 Å². The summed E-state index contributed by atoms with van der Waals surface area (Å²) in [6, 6.07) is 1.76. The monoisotopic (exact) mass is 350 g/mol. The zero-order valence-electron chi connectivity index (χ0n) is 13.2. The first-order chi connectivity index (χ1) is 9.93. The predicted molar refractivity (Wildman–Crippen MR) is 93.7 cm³/mol. The zero-order valence-corrected chi connectivity index (χ0v) is 15.7. The lowest BCUT2D eigenvalue weighted by atomic mass is 10.0. The summed E-state index contributed by atoms with van der Waals surface area (Å²) in [7, 11) is -3.41. The van der Waals surface area contributed by atoms with Crippen LogP contribution < -0.4 is 10.0 Å². The van der Waals surface area contributed by atoms with E-state index in [-0.39, 0.29) is 4.75 Å². The molecule has 0 atom stereocenters. The Morgan fingerprint density at radius 1 is 1.29 bits per heavy atom. The molecule has 0 saturated heterocycles. The van der Waals surface area contributed by atoms with E-state index in [4.69, 9.17) is 0 Å². The van der Waals surface area contributed by atoms with Crippen molar-refractivity contribution < 1.29 is 8.42 Å². The summed E-state index contributed by atoms with van der Waals surface area (Å²) in [5, 5.41) is 4.92. The van der Waals surface area contributed by atoms with Gasteiger partial charge in [0.25, 0.3) is 0 Å². The summed E-state index contributed by atoms with van der Waals surface area (Å²) in [6.07, 6.45) is 3.94. The third-order valence-corrected chi connectivity index (χ3v) is 7.85. The molecule has 2 N–H and O–H groups in total. The number of rotatable bonds is 10. The normalized spacial score (nSPS) is 12.8. The highest BCUT2D eigenvalue weighted by atomic mass is 32.2. The van der Waals surface area contributed by atoms with E-state index in [1.165, 1.54) is 11.3 Å². The number of thioether (sulfide) groups is 1. The minimum atomic E-state index is -3.41. The van der Waals surface area contributed by atoms with E-state index in [2.05, 4.69) is 23.9 Å². The van der Waals surface area contributed by atoms with Gasteiger partial charge in [-0.1, -0.05) is 20.8 Å². The van der Waals surface area contributed by atoms with Crippen molar-refractivity contribution in [2.75, 3.05) is 19.3 Å². The minimum absolute atomic E-state index is 0.0182. The zero-order chi connectivity index (χ0) is 15.9. The second-order valence-corrected chi connectivity index (χ2v) is 8.98. The predicted octanol–water partition coefficient (Wildman–Crippen LogP) is 3.06. The summed E-state index contributed by atoms with van der Waals surface area (Å²) in [5.74, 6) is 0. The molecule has 0 amide bonds. The SMILES string of the molecule is CCNCc1cc(S(=O)(=O)NCC(CC)(CC)SC)cs1. The molecule has 0 fully saturated rings. The summed E-state index contributed by atoms with van der Waals surface area (Å²) < 4.78 is 27.5. The van der Waals surface area contributed by atoms with Crippen molar-refractivity contribution >= 4 is 33.1 Å². The Bertz CT molecular complexity index is 514. The smallest absolute Gasteiger partial charge is 0.241 e. The van der Waals surface area contributed by atoms with Crippen LogP contribution in [0.2, 0.25) is 0 Å². The van der Waals surface area contributed by atoms with Crippen LogP contribution in [0.1, 0.15) is 38.5 Å². The van der Waals surface area contributed by atoms with Gasteiger partial charge in [-0.05, 0) is 31.7 Å². The molecule has 0 aliphatic carbocycles. The van der Waals surface area contributed by atoms with Crippen LogP contribution >= 0.6 is 23.1 Å². The van der Waals surface area contributed by atoms with Crippen molar-refractivity contribution in [3.63, 3.8) is 0 Å². The number of thiophene rings is 1. The summed E-state index contributed by atoms with van der Waals surface area (Å²) >= 11 is 3.22. The van der Waals surface area contributed by atoms with Gasteiger partial charge in [-0.2, -0.15) is 11.8 Å². The molecular weight excluding hydrogens is 324 g/mol. The first-order valence-corrected chi connectivity index (χ1v) is 10.8. The molecule has 0 saturated carbocycles. The molecule has 0 aliphatic rings. The summed E-state index contributed by atoms with van der Waals surface area (Å²) in [5.41, 5.74) is 0. The Labute approximate surface area is 137 Å². The Morgan fingerprint density at radius 3 is 2.48 bits per heavy atom. The number of sulfonamides is 1. The first-order valence-electron chi connectivity index (χ1n) is 7.26. The van der Waals surface area contributed by atoms with Gasteiger partial charge >= 0.3 is 0 Å². The Kier molecular flexibility index (Phi) is 7.70. The van der Waals surface area contributed by atoms with E-state index in [0.29, 0.717) is 11.4 Å². The van der Waals surface area contributed by atoms with E-state index in [1.54, 1.807) is 23.2 Å². The topological polar surface area (TPSA) is 58.2 Å². The van der Waals surface area contributed by atoms with Crippen LogP contribution in [0.5, 0.6) is 0 Å². The van der Waals surface area contributed by atoms with Crippen molar-refractivity contribution in [2.45, 2.75) is 49.8 Å². The van der Waals surface area contributed by atoms with Gasteiger partial charge in [0.1, 0.15) is 0 Å². The molecule has 1 rings (SSSR count). The maximum absolute atomic E-state index is 12.4. The summed E-state index contributed by atoms with van der Waals surface area (Å²) in [6.45, 7) is 8.31. The molecule has 0 spiro atoms. The van der Waals surface area contributed by atoms with E-state index < -0.39 is 10.0 Å². The fraction of sp³-hybridized carbons (Fsp3) is 0.714. The molecule has 0 aromatic carbocycles. The van der Waals surface area contributed by atoms with Gasteiger partial charge < -0.3 is 5.32 Å². The lowest BCUT2D eigenvalue weighted by Crippen LogP contribution is -2.39. The van der Waals surface area contributed by atoms with Crippen LogP contribution in [-0.4, -0.2) is 32.5 Å². The fourth-order valence-electron chi connectivity index (χ4n) is 2.01. The molecule has 1 aromatic heterocycles. The van der Waals surface area contributed by atoms with Crippen LogP contribution in [0.4, 0.5) is 0 Å². The van der Waals surface area contributed by atoms with Gasteiger partial charge in [0.05, 0.1) is 4.90 Å². The summed E-state index contributed by atoms with van der Waals surface area (Å²) in [4.78, 5) is 1.42. The third-order valence-electron chi connectivity index (χ3n) is 3.80. The van der Waals surface area contributed by atoms with E-state index in [9.17, 15) is 8.42 Å². The molecular formula is C14H26N2O2S3. The molecule has 0 unspecified atom stereocenters. The van der Waals surface area contributed by atoms with Gasteiger partial charge in [0, 0.05) is 28.1 Å². The molecule has 1 heterocycles. The van der Waals surface area contributed by atoms with Crippen LogP contribution in [-0.2, 0) is 16.6 Å². The van der Waals surface area contributed by atoms with Gasteiger partial charge in [-0.25, -0.2) is 13.1 Å². The van der Waals surface area contributed by atoms with Gasteiger partial charge in [-0.3, -0.25) is 0 Å². The fourth-order valence-corrected chi connectivity index (χ4v) is 5.27. The molecule has 0 aliphatic heterocycles. The second-order valence-electron chi connectivity index (χ2n) is 4.95. The number of hydrogen-bond acceptors (Lipinski definition) is 5. The first kappa shape index (κ1) is 19.0. The maximum atomic E-state index is 12.4. The minimum Gasteiger partial charge on any atom is -0.312 e. The highest BCUT2D eigenvalue weighted by molar-refractivity contribution is 8.00. The van der Waals surface area contributed by atoms with Gasteiger partial charge in [0.2, 0.25) is 10.0 Å². The lowest BCUT2D eigenvalue weighted by Gasteiger charge is -2.29. The third kappa shape index (κ3) is 5.25. The van der Waals surface area contributed by atoms with Crippen LogP contribution in [0, 0.1) is 0 Å². The number of hydrogen-bond donors (Lipinski definition) is 2. The van der Waals surface area contributed by atoms with Crippen LogP contribution in [0.25, 0.3) is 0 Å². The Hall–Kier alpha value is -0.0800. The van der Waals surface area contributed by atoms with E-state index >= 15 is 0 Å².